The van der Waals surface area contributed by atoms with Gasteiger partial charge in [0.05, 0.1) is 7.11 Å². The molecule has 0 aliphatic heterocycles. The van der Waals surface area contributed by atoms with Crippen LogP contribution >= 0.6 is 31.9 Å². The first-order valence-electron chi connectivity index (χ1n) is 4.09. The third-order valence-corrected chi connectivity index (χ3v) is 2.67. The summed E-state index contributed by atoms with van der Waals surface area (Å²) < 4.78 is 5.86. The molecular weight excluding hydrogens is 326 g/mol. The Hall–Kier alpha value is -0.810. The third-order valence-electron chi connectivity index (χ3n) is 1.59. The fourth-order valence-corrected chi connectivity index (χ4v) is 1.39. The van der Waals surface area contributed by atoms with E-state index in [0.717, 1.165) is 10.2 Å². The van der Waals surface area contributed by atoms with Gasteiger partial charge in [-0.25, -0.2) is 4.79 Å². The van der Waals surface area contributed by atoms with Gasteiger partial charge in [0.15, 0.2) is 0 Å². The molecule has 0 aromatic heterocycles. The van der Waals surface area contributed by atoms with Crippen molar-refractivity contribution >= 4 is 43.5 Å². The fourth-order valence-electron chi connectivity index (χ4n) is 0.849. The fraction of sp³-hybridized carbons (Fsp3) is 0.100. The monoisotopic (exact) mass is 333 g/mol. The number of nitrogens with one attached hydrogen (secondary N) is 1. The van der Waals surface area contributed by atoms with Gasteiger partial charge in [0, 0.05) is 16.4 Å². The maximum atomic E-state index is 11.0. The summed E-state index contributed by atoms with van der Waals surface area (Å²) in [5.41, 5.74) is 0.888. The highest BCUT2D eigenvalue weighted by Gasteiger charge is 2.03. The topological polar surface area (TPSA) is 38.3 Å². The van der Waals surface area contributed by atoms with Crippen LogP contribution in [0.3, 0.4) is 0 Å². The Labute approximate surface area is 105 Å². The van der Waals surface area contributed by atoms with E-state index in [0.29, 0.717) is 4.48 Å². The molecule has 15 heavy (non-hydrogen) atoms. The molecule has 0 bridgehead atoms. The molecule has 0 aliphatic rings. The zero-order valence-electron chi connectivity index (χ0n) is 7.96. The lowest BCUT2D eigenvalue weighted by Gasteiger charge is -2.01. The number of ether oxygens (including phenoxy) is 1. The summed E-state index contributed by atoms with van der Waals surface area (Å²) in [4.78, 5) is 11.0. The smallest absolute Gasteiger partial charge is 0.346 e. The summed E-state index contributed by atoms with van der Waals surface area (Å²) in [6.07, 6.45) is 1.54. The number of carbonyl (C=O) groups excluding carboxylic acids is 1. The summed E-state index contributed by atoms with van der Waals surface area (Å²) in [6, 6.07) is 7.58. The Morgan fingerprint density at radius 2 is 2.00 bits per heavy atom. The van der Waals surface area contributed by atoms with Crippen LogP contribution < -0.4 is 5.32 Å². The minimum Gasteiger partial charge on any atom is -0.465 e. The normalized spacial score (nSPS) is 11.0. The highest BCUT2D eigenvalue weighted by atomic mass is 79.9. The SMILES string of the molecule is COC(=O)/C(Br)=C/Nc1ccc(Br)cc1. The summed E-state index contributed by atoms with van der Waals surface area (Å²) in [7, 11) is 1.33. The molecule has 0 heterocycles. The lowest BCUT2D eigenvalue weighted by atomic mass is 10.3. The molecule has 3 nitrogen and oxygen atoms in total. The molecular formula is C10H9Br2NO2. The molecule has 0 unspecified atom stereocenters. The summed E-state index contributed by atoms with van der Waals surface area (Å²) >= 11 is 6.42. The molecule has 1 aromatic rings. The molecule has 0 fully saturated rings. The molecule has 0 atom stereocenters. The molecule has 1 rings (SSSR count). The van der Waals surface area contributed by atoms with Crippen LogP contribution in [0.15, 0.2) is 39.4 Å². The maximum absolute atomic E-state index is 11.0. The zero-order chi connectivity index (χ0) is 11.3. The highest BCUT2D eigenvalue weighted by molar-refractivity contribution is 9.12. The molecule has 0 aliphatic carbocycles. The van der Waals surface area contributed by atoms with E-state index in [4.69, 9.17) is 0 Å². The van der Waals surface area contributed by atoms with Crippen LogP contribution in [0.2, 0.25) is 0 Å². The Bertz CT molecular complexity index is 374. The number of rotatable bonds is 3. The van der Waals surface area contributed by atoms with Crippen LogP contribution in [0.5, 0.6) is 0 Å². The van der Waals surface area contributed by atoms with E-state index >= 15 is 0 Å². The van der Waals surface area contributed by atoms with E-state index in [1.165, 1.54) is 13.3 Å². The number of hydrogen-bond donors (Lipinski definition) is 1. The highest BCUT2D eigenvalue weighted by Crippen LogP contribution is 2.15. The number of anilines is 1. The van der Waals surface area contributed by atoms with Crippen molar-refractivity contribution in [3.63, 3.8) is 0 Å². The first kappa shape index (κ1) is 12.3. The summed E-state index contributed by atoms with van der Waals surface area (Å²) in [5.74, 6) is -0.417. The molecule has 1 N–H and O–H groups in total. The van der Waals surface area contributed by atoms with Gasteiger partial charge in [-0.3, -0.25) is 0 Å². The van der Waals surface area contributed by atoms with Crippen molar-refractivity contribution in [3.05, 3.63) is 39.4 Å². The molecule has 0 saturated heterocycles. The van der Waals surface area contributed by atoms with Gasteiger partial charge in [-0.1, -0.05) is 15.9 Å². The molecule has 80 valence electrons. The summed E-state index contributed by atoms with van der Waals surface area (Å²) in [6.45, 7) is 0. The number of methoxy groups -OCH3 is 1. The standard InChI is InChI=1S/C10H9Br2NO2/c1-15-10(14)9(12)6-13-8-4-2-7(11)3-5-8/h2-6,13H,1H3/b9-6-. The van der Waals surface area contributed by atoms with Gasteiger partial charge in [0.1, 0.15) is 4.48 Å². The minimum absolute atomic E-state index is 0.341. The van der Waals surface area contributed by atoms with Crippen LogP contribution in [0.4, 0.5) is 5.69 Å². The van der Waals surface area contributed by atoms with Crippen LogP contribution in [0.1, 0.15) is 0 Å². The van der Waals surface area contributed by atoms with Crippen molar-refractivity contribution in [2.24, 2.45) is 0 Å². The van der Waals surface area contributed by atoms with Crippen molar-refractivity contribution in [1.82, 2.24) is 0 Å². The Morgan fingerprint density at radius 1 is 1.40 bits per heavy atom. The van der Waals surface area contributed by atoms with Gasteiger partial charge in [0.2, 0.25) is 0 Å². The first-order chi connectivity index (χ1) is 7.13. The molecule has 1 aromatic carbocycles. The maximum Gasteiger partial charge on any atom is 0.346 e. The van der Waals surface area contributed by atoms with Crippen molar-refractivity contribution in [2.75, 3.05) is 12.4 Å². The second kappa shape index (κ2) is 5.92. The number of hydrogen-bond acceptors (Lipinski definition) is 3. The zero-order valence-corrected chi connectivity index (χ0v) is 11.1. The lowest BCUT2D eigenvalue weighted by molar-refractivity contribution is -0.135. The van der Waals surface area contributed by atoms with E-state index in [2.05, 4.69) is 41.9 Å². The van der Waals surface area contributed by atoms with Gasteiger partial charge < -0.3 is 10.1 Å². The molecule has 0 spiro atoms. The van der Waals surface area contributed by atoms with Gasteiger partial charge in [0.25, 0.3) is 0 Å². The van der Waals surface area contributed by atoms with Gasteiger partial charge in [-0.15, -0.1) is 0 Å². The van der Waals surface area contributed by atoms with Crippen molar-refractivity contribution in [3.8, 4) is 0 Å². The third kappa shape index (κ3) is 4.05. The van der Waals surface area contributed by atoms with E-state index < -0.39 is 5.97 Å². The van der Waals surface area contributed by atoms with E-state index in [-0.39, 0.29) is 0 Å². The van der Waals surface area contributed by atoms with Crippen LogP contribution in [0, 0.1) is 0 Å². The molecule has 0 amide bonds. The predicted octanol–water partition coefficient (Wildman–Crippen LogP) is 3.27. The average molecular weight is 335 g/mol. The first-order valence-corrected chi connectivity index (χ1v) is 5.68. The largest absolute Gasteiger partial charge is 0.465 e. The summed E-state index contributed by atoms with van der Waals surface area (Å²) in [5, 5.41) is 2.96. The number of carbonyl (C=O) groups is 1. The number of esters is 1. The Balaban J connectivity index is 2.63. The minimum atomic E-state index is -0.417. The number of halogens is 2. The van der Waals surface area contributed by atoms with Gasteiger partial charge >= 0.3 is 5.97 Å². The van der Waals surface area contributed by atoms with Crippen molar-refractivity contribution in [1.29, 1.82) is 0 Å². The Morgan fingerprint density at radius 3 is 2.53 bits per heavy atom. The van der Waals surface area contributed by atoms with Crippen LogP contribution in [-0.4, -0.2) is 13.1 Å². The molecule has 0 saturated carbocycles. The van der Waals surface area contributed by atoms with E-state index in [9.17, 15) is 4.79 Å². The van der Waals surface area contributed by atoms with Crippen molar-refractivity contribution in [2.45, 2.75) is 0 Å². The number of benzene rings is 1. The van der Waals surface area contributed by atoms with Crippen LogP contribution in [-0.2, 0) is 9.53 Å². The second-order valence-electron chi connectivity index (χ2n) is 2.64. The van der Waals surface area contributed by atoms with Gasteiger partial charge in [-0.05, 0) is 40.2 Å². The Kier molecular flexibility index (Phi) is 4.84. The average Bonchev–Trinajstić information content (AvgIpc) is 2.26. The second-order valence-corrected chi connectivity index (χ2v) is 4.41. The molecule has 0 radical (unpaired) electrons. The van der Waals surface area contributed by atoms with E-state index in [1.54, 1.807) is 0 Å². The van der Waals surface area contributed by atoms with Gasteiger partial charge in [-0.2, -0.15) is 0 Å². The van der Waals surface area contributed by atoms with E-state index in [1.807, 2.05) is 24.3 Å². The molecule has 5 heteroatoms. The van der Waals surface area contributed by atoms with Crippen molar-refractivity contribution < 1.29 is 9.53 Å². The van der Waals surface area contributed by atoms with Crippen LogP contribution in [0.25, 0.3) is 0 Å². The quantitative estimate of drug-likeness (QED) is 0.681. The lowest BCUT2D eigenvalue weighted by Crippen LogP contribution is -2.01. The predicted molar refractivity (Wildman–Crippen MR) is 66.8 cm³/mol.